The maximum absolute atomic E-state index is 8.78. The van der Waals surface area contributed by atoms with E-state index in [4.69, 9.17) is 5.26 Å². The second kappa shape index (κ2) is 3.43. The lowest BCUT2D eigenvalue weighted by Gasteiger charge is -1.92. The quantitative estimate of drug-likeness (QED) is 0.691. The molecule has 0 atom stereocenters. The molecule has 1 heterocycles. The zero-order valence-corrected chi connectivity index (χ0v) is 9.11. The molecule has 2 heteroatoms. The fourth-order valence-corrected chi connectivity index (χ4v) is 2.87. The fraction of sp³-hybridized carbons (Fsp3) is 0.250. The van der Waals surface area contributed by atoms with Crippen molar-refractivity contribution < 1.29 is 0 Å². The molecule has 0 unspecified atom stereocenters. The molecule has 1 nitrogen and oxygen atoms in total. The Morgan fingerprint density at radius 3 is 2.86 bits per heavy atom. The van der Waals surface area contributed by atoms with Gasteiger partial charge < -0.3 is 0 Å². The summed E-state index contributed by atoms with van der Waals surface area (Å²) in [7, 11) is 0. The van der Waals surface area contributed by atoms with Crippen LogP contribution in [-0.2, 0) is 6.42 Å². The van der Waals surface area contributed by atoms with Crippen molar-refractivity contribution in [1.29, 1.82) is 5.26 Å². The highest BCUT2D eigenvalue weighted by atomic mass is 32.1. The Hall–Kier alpha value is -1.33. The molecule has 0 fully saturated rings. The van der Waals surface area contributed by atoms with Crippen molar-refractivity contribution in [1.82, 2.24) is 0 Å². The maximum Gasteiger partial charge on any atom is 0.0992 e. The number of hydrogen-bond donors (Lipinski definition) is 0. The molecule has 0 aliphatic heterocycles. The molecule has 0 spiro atoms. The van der Waals surface area contributed by atoms with E-state index in [-0.39, 0.29) is 0 Å². The van der Waals surface area contributed by atoms with Gasteiger partial charge in [0.2, 0.25) is 0 Å². The van der Waals surface area contributed by atoms with Gasteiger partial charge in [-0.3, -0.25) is 0 Å². The van der Waals surface area contributed by atoms with Crippen molar-refractivity contribution in [3.8, 4) is 6.07 Å². The van der Waals surface area contributed by atoms with Gasteiger partial charge in [-0.2, -0.15) is 5.26 Å². The van der Waals surface area contributed by atoms with Gasteiger partial charge in [0.25, 0.3) is 0 Å². The average molecular weight is 201 g/mol. The van der Waals surface area contributed by atoms with Crippen molar-refractivity contribution in [2.45, 2.75) is 20.3 Å². The van der Waals surface area contributed by atoms with Crippen molar-refractivity contribution >= 4 is 21.4 Å². The number of hydrogen-bond acceptors (Lipinski definition) is 2. The van der Waals surface area contributed by atoms with Crippen molar-refractivity contribution in [2.75, 3.05) is 0 Å². The second-order valence-corrected chi connectivity index (χ2v) is 4.46. The van der Waals surface area contributed by atoms with E-state index < -0.39 is 0 Å². The standard InChI is InChI=1S/C12H11NS/c1-3-11-8(2)10-5-4-9(7-13)6-12(10)14-11/h4-6H,3H2,1-2H3. The Balaban J connectivity index is 2.74. The van der Waals surface area contributed by atoms with Gasteiger partial charge in [0, 0.05) is 9.58 Å². The molecule has 14 heavy (non-hydrogen) atoms. The third-order valence-corrected chi connectivity index (χ3v) is 3.89. The summed E-state index contributed by atoms with van der Waals surface area (Å²) in [4.78, 5) is 1.43. The van der Waals surface area contributed by atoms with Crippen LogP contribution in [0.5, 0.6) is 0 Å². The molecule has 2 aromatic rings. The maximum atomic E-state index is 8.78. The van der Waals surface area contributed by atoms with Gasteiger partial charge >= 0.3 is 0 Å². The number of benzene rings is 1. The number of fused-ring (bicyclic) bond motifs is 1. The van der Waals surface area contributed by atoms with E-state index >= 15 is 0 Å². The van der Waals surface area contributed by atoms with Crippen LogP contribution in [0.4, 0.5) is 0 Å². The van der Waals surface area contributed by atoms with Crippen molar-refractivity contribution in [3.63, 3.8) is 0 Å². The van der Waals surface area contributed by atoms with Gasteiger partial charge in [0.1, 0.15) is 0 Å². The van der Waals surface area contributed by atoms with Crippen LogP contribution in [0.2, 0.25) is 0 Å². The molecule has 0 aliphatic rings. The summed E-state index contributed by atoms with van der Waals surface area (Å²) in [5.41, 5.74) is 2.12. The minimum absolute atomic E-state index is 0.751. The van der Waals surface area contributed by atoms with Crippen LogP contribution in [0.1, 0.15) is 22.9 Å². The Kier molecular flexibility index (Phi) is 2.26. The first kappa shape index (κ1) is 9.23. The molecule has 0 saturated heterocycles. The minimum Gasteiger partial charge on any atom is -0.192 e. The van der Waals surface area contributed by atoms with Crippen molar-refractivity contribution in [3.05, 3.63) is 34.2 Å². The van der Waals surface area contributed by atoms with Crippen LogP contribution >= 0.6 is 11.3 Å². The van der Waals surface area contributed by atoms with Crippen LogP contribution in [0.15, 0.2) is 18.2 Å². The number of nitrogens with zero attached hydrogens (tertiary/aromatic N) is 1. The molecule has 0 aliphatic carbocycles. The monoisotopic (exact) mass is 201 g/mol. The largest absolute Gasteiger partial charge is 0.192 e. The molecule has 1 aromatic heterocycles. The van der Waals surface area contributed by atoms with E-state index in [1.165, 1.54) is 20.5 Å². The highest BCUT2D eigenvalue weighted by molar-refractivity contribution is 7.19. The van der Waals surface area contributed by atoms with Gasteiger partial charge in [-0.1, -0.05) is 13.0 Å². The van der Waals surface area contributed by atoms with E-state index in [9.17, 15) is 0 Å². The van der Waals surface area contributed by atoms with Gasteiger partial charge in [-0.25, -0.2) is 0 Å². The van der Waals surface area contributed by atoms with Gasteiger partial charge in [-0.15, -0.1) is 11.3 Å². The zero-order chi connectivity index (χ0) is 10.1. The van der Waals surface area contributed by atoms with Crippen LogP contribution in [-0.4, -0.2) is 0 Å². The molecular formula is C12H11NS. The molecule has 0 bridgehead atoms. The SMILES string of the molecule is CCc1sc2cc(C#N)ccc2c1C. The van der Waals surface area contributed by atoms with Gasteiger partial charge in [0.05, 0.1) is 11.6 Å². The van der Waals surface area contributed by atoms with Crippen LogP contribution in [0.3, 0.4) is 0 Å². The number of aryl methyl sites for hydroxylation is 2. The molecule has 0 amide bonds. The fourth-order valence-electron chi connectivity index (χ4n) is 1.68. The first-order valence-corrected chi connectivity index (χ1v) is 5.50. The van der Waals surface area contributed by atoms with Crippen LogP contribution < -0.4 is 0 Å². The summed E-state index contributed by atoms with van der Waals surface area (Å²) < 4.78 is 1.23. The first-order chi connectivity index (χ1) is 6.76. The lowest BCUT2D eigenvalue weighted by atomic mass is 10.1. The van der Waals surface area contributed by atoms with E-state index in [2.05, 4.69) is 26.0 Å². The topological polar surface area (TPSA) is 23.8 Å². The summed E-state index contributed by atoms with van der Waals surface area (Å²) in [6, 6.07) is 8.10. The predicted molar refractivity (Wildman–Crippen MR) is 60.7 cm³/mol. The normalized spacial score (nSPS) is 10.4. The smallest absolute Gasteiger partial charge is 0.0992 e. The van der Waals surface area contributed by atoms with Crippen LogP contribution in [0, 0.1) is 18.3 Å². The van der Waals surface area contributed by atoms with Crippen LogP contribution in [0.25, 0.3) is 10.1 Å². The first-order valence-electron chi connectivity index (χ1n) is 4.68. The van der Waals surface area contributed by atoms with Gasteiger partial charge in [0.15, 0.2) is 0 Å². The molecular weight excluding hydrogens is 190 g/mol. The minimum atomic E-state index is 0.751. The van der Waals surface area contributed by atoms with E-state index in [1.807, 2.05) is 12.1 Å². The summed E-state index contributed by atoms with van der Waals surface area (Å²) in [6.45, 7) is 4.33. The predicted octanol–water partition coefficient (Wildman–Crippen LogP) is 3.64. The molecule has 70 valence electrons. The summed E-state index contributed by atoms with van der Waals surface area (Å²) in [5.74, 6) is 0. The molecule has 1 aromatic carbocycles. The highest BCUT2D eigenvalue weighted by Gasteiger charge is 2.06. The second-order valence-electron chi connectivity index (χ2n) is 3.33. The van der Waals surface area contributed by atoms with E-state index in [0.29, 0.717) is 0 Å². The Bertz CT molecular complexity index is 517. The summed E-state index contributed by atoms with van der Waals surface area (Å²) in [6.07, 6.45) is 1.08. The third-order valence-electron chi connectivity index (χ3n) is 2.49. The third kappa shape index (κ3) is 1.30. The van der Waals surface area contributed by atoms with E-state index in [0.717, 1.165) is 12.0 Å². The van der Waals surface area contributed by atoms with E-state index in [1.54, 1.807) is 11.3 Å². The number of nitriles is 1. The lowest BCUT2D eigenvalue weighted by molar-refractivity contribution is 1.16. The summed E-state index contributed by atoms with van der Waals surface area (Å²) in [5, 5.41) is 10.1. The molecule has 0 saturated carbocycles. The highest BCUT2D eigenvalue weighted by Crippen LogP contribution is 2.31. The average Bonchev–Trinajstić information content (AvgIpc) is 2.55. The molecule has 2 rings (SSSR count). The van der Waals surface area contributed by atoms with Crippen molar-refractivity contribution in [2.24, 2.45) is 0 Å². The molecule has 0 radical (unpaired) electrons. The lowest BCUT2D eigenvalue weighted by Crippen LogP contribution is -1.76. The number of thiophene rings is 1. The number of rotatable bonds is 1. The van der Waals surface area contributed by atoms with Gasteiger partial charge in [-0.05, 0) is 36.4 Å². The Morgan fingerprint density at radius 1 is 1.43 bits per heavy atom. The Labute approximate surface area is 87.6 Å². The Morgan fingerprint density at radius 2 is 2.21 bits per heavy atom. The summed E-state index contributed by atoms with van der Waals surface area (Å²) >= 11 is 1.80. The zero-order valence-electron chi connectivity index (χ0n) is 8.29. The molecule has 0 N–H and O–H groups in total.